The van der Waals surface area contributed by atoms with Gasteiger partial charge in [-0.1, -0.05) is 55.9 Å². The standard InChI is InChI=1S/C13H21NO4S.C13H21NO3S.CH4/c1-8(2)19-10(4)5-6-12(16)18-14-11(15)7-9(3)13(14)17;1-9(2)18-6-4-5-11(15)8-14-12(16)7-10(3)13(14)17;/h8-10H,5-7H2,1-4H3;9-10H,4-8H2,1-3H3;1H4. The third-order valence-electron chi connectivity index (χ3n) is 5.64. The van der Waals surface area contributed by atoms with Crippen molar-refractivity contribution in [3.8, 4) is 0 Å². The van der Waals surface area contributed by atoms with Crippen LogP contribution in [-0.4, -0.2) is 73.4 Å². The summed E-state index contributed by atoms with van der Waals surface area (Å²) in [5, 5.41) is 2.04. The first-order valence-corrected chi connectivity index (χ1v) is 14.9. The van der Waals surface area contributed by atoms with Gasteiger partial charge in [-0.05, 0) is 29.1 Å². The largest absolute Gasteiger partial charge is 0.333 e. The van der Waals surface area contributed by atoms with E-state index in [0.717, 1.165) is 17.1 Å². The number of carbonyl (C=O) groups excluding carboxylic acids is 6. The van der Waals surface area contributed by atoms with Gasteiger partial charge in [-0.3, -0.25) is 28.9 Å². The molecule has 0 aromatic rings. The molecule has 3 unspecified atom stereocenters. The fourth-order valence-corrected chi connectivity index (χ4v) is 5.68. The van der Waals surface area contributed by atoms with E-state index in [2.05, 4.69) is 27.7 Å². The Morgan fingerprint density at radius 1 is 0.895 bits per heavy atom. The van der Waals surface area contributed by atoms with Gasteiger partial charge in [-0.2, -0.15) is 23.5 Å². The number of imide groups is 2. The highest BCUT2D eigenvalue weighted by Crippen LogP contribution is 2.23. The molecule has 218 valence electrons. The molecule has 4 amide bonds. The van der Waals surface area contributed by atoms with Gasteiger partial charge < -0.3 is 4.84 Å². The van der Waals surface area contributed by atoms with Crippen molar-refractivity contribution in [3.05, 3.63) is 0 Å². The number of nitrogens with zero attached hydrogens (tertiary/aromatic N) is 2. The molecule has 9 nitrogen and oxygen atoms in total. The molecule has 2 aliphatic heterocycles. The molecule has 0 spiro atoms. The Hall–Kier alpha value is -1.88. The van der Waals surface area contributed by atoms with Gasteiger partial charge in [-0.25, -0.2) is 4.79 Å². The average Bonchev–Trinajstić information content (AvgIpc) is 3.17. The number of thioether (sulfide) groups is 2. The third kappa shape index (κ3) is 12.8. The second-order valence-electron chi connectivity index (χ2n) is 10.1. The Morgan fingerprint density at radius 3 is 1.95 bits per heavy atom. The van der Waals surface area contributed by atoms with Crippen LogP contribution >= 0.6 is 23.5 Å². The van der Waals surface area contributed by atoms with Crippen molar-refractivity contribution in [1.29, 1.82) is 0 Å². The molecule has 2 saturated heterocycles. The van der Waals surface area contributed by atoms with Crippen molar-refractivity contribution in [2.75, 3.05) is 12.3 Å². The van der Waals surface area contributed by atoms with Crippen LogP contribution in [0.4, 0.5) is 0 Å². The highest BCUT2D eigenvalue weighted by molar-refractivity contribution is 8.00. The van der Waals surface area contributed by atoms with E-state index >= 15 is 0 Å². The first-order valence-electron chi connectivity index (χ1n) is 12.9. The summed E-state index contributed by atoms with van der Waals surface area (Å²) >= 11 is 3.60. The number of rotatable bonds is 13. The Morgan fingerprint density at radius 2 is 1.47 bits per heavy atom. The zero-order valence-electron chi connectivity index (χ0n) is 23.1. The van der Waals surface area contributed by atoms with Crippen LogP contribution in [0.3, 0.4) is 0 Å². The summed E-state index contributed by atoms with van der Waals surface area (Å²) in [5.74, 6) is -1.53. The highest BCUT2D eigenvalue weighted by Gasteiger charge is 2.39. The minimum atomic E-state index is -0.521. The molecule has 3 atom stereocenters. The van der Waals surface area contributed by atoms with Crippen LogP contribution < -0.4 is 0 Å². The lowest BCUT2D eigenvalue weighted by molar-refractivity contribution is -0.198. The molecule has 2 rings (SSSR count). The molecule has 0 aromatic heterocycles. The van der Waals surface area contributed by atoms with Crippen molar-refractivity contribution in [1.82, 2.24) is 9.96 Å². The molecule has 38 heavy (non-hydrogen) atoms. The van der Waals surface area contributed by atoms with Crippen LogP contribution in [0.1, 0.15) is 94.4 Å². The molecule has 0 aromatic carbocycles. The summed E-state index contributed by atoms with van der Waals surface area (Å²) in [4.78, 5) is 75.4. The van der Waals surface area contributed by atoms with Gasteiger partial charge in [0.1, 0.15) is 0 Å². The minimum absolute atomic E-state index is 0. The second-order valence-corrected chi connectivity index (χ2v) is 13.8. The van der Waals surface area contributed by atoms with Crippen LogP contribution in [0.25, 0.3) is 0 Å². The zero-order chi connectivity index (χ0) is 28.3. The average molecular weight is 575 g/mol. The summed E-state index contributed by atoms with van der Waals surface area (Å²) in [7, 11) is 0. The van der Waals surface area contributed by atoms with E-state index in [0.29, 0.717) is 33.7 Å². The summed E-state index contributed by atoms with van der Waals surface area (Å²) in [6.45, 7) is 13.8. The first-order chi connectivity index (χ1) is 17.2. The van der Waals surface area contributed by atoms with Crippen LogP contribution in [0.5, 0.6) is 0 Å². The molecular weight excluding hydrogens is 528 g/mol. The predicted molar refractivity (Wildman–Crippen MR) is 152 cm³/mol. The zero-order valence-corrected chi connectivity index (χ0v) is 24.7. The first kappa shape index (κ1) is 36.1. The lowest BCUT2D eigenvalue weighted by Crippen LogP contribution is -2.35. The van der Waals surface area contributed by atoms with Crippen LogP contribution in [-0.2, 0) is 33.6 Å². The van der Waals surface area contributed by atoms with Gasteiger partial charge in [0.15, 0.2) is 5.78 Å². The molecule has 0 radical (unpaired) electrons. The molecule has 2 aliphatic rings. The fraction of sp³-hybridized carbons (Fsp3) is 0.778. The van der Waals surface area contributed by atoms with E-state index in [9.17, 15) is 28.8 Å². The Kier molecular flexibility index (Phi) is 16.8. The van der Waals surface area contributed by atoms with E-state index in [-0.39, 0.29) is 56.7 Å². The van der Waals surface area contributed by atoms with Crippen molar-refractivity contribution < 1.29 is 33.6 Å². The predicted octanol–water partition coefficient (Wildman–Crippen LogP) is 4.66. The number of likely N-dealkylation sites (tertiary alicyclic amines) is 1. The van der Waals surface area contributed by atoms with Crippen LogP contribution in [0.2, 0.25) is 0 Å². The minimum Gasteiger partial charge on any atom is -0.330 e. The molecule has 2 fully saturated rings. The van der Waals surface area contributed by atoms with Crippen LogP contribution in [0.15, 0.2) is 0 Å². The maximum atomic E-state index is 11.7. The van der Waals surface area contributed by atoms with E-state index < -0.39 is 23.7 Å². The third-order valence-corrected chi connectivity index (χ3v) is 8.07. The lowest BCUT2D eigenvalue weighted by Gasteiger charge is -2.15. The van der Waals surface area contributed by atoms with E-state index in [1.807, 2.05) is 18.7 Å². The molecule has 0 bridgehead atoms. The number of hydroxylamine groups is 2. The second kappa shape index (κ2) is 17.7. The van der Waals surface area contributed by atoms with Crippen molar-refractivity contribution in [3.63, 3.8) is 0 Å². The van der Waals surface area contributed by atoms with Gasteiger partial charge in [0.25, 0.3) is 11.8 Å². The van der Waals surface area contributed by atoms with Crippen molar-refractivity contribution in [2.45, 2.75) is 110 Å². The highest BCUT2D eigenvalue weighted by atomic mass is 32.2. The monoisotopic (exact) mass is 574 g/mol. The SMILES string of the molecule is C.CC(C)SC(C)CCC(=O)ON1C(=O)CC(C)C1=O.CC(C)SCCCC(=O)CN1C(=O)CC(C)C1=O. The molecule has 0 N–H and O–H groups in total. The van der Waals surface area contributed by atoms with Gasteiger partial charge >= 0.3 is 5.97 Å². The van der Waals surface area contributed by atoms with Crippen LogP contribution in [0, 0.1) is 11.8 Å². The number of hydrogen-bond donors (Lipinski definition) is 0. The van der Waals surface area contributed by atoms with Gasteiger partial charge in [0.2, 0.25) is 11.8 Å². The van der Waals surface area contributed by atoms with Crippen molar-refractivity contribution >= 4 is 58.9 Å². The van der Waals surface area contributed by atoms with Gasteiger partial charge in [0.05, 0.1) is 6.54 Å². The van der Waals surface area contributed by atoms with Crippen molar-refractivity contribution in [2.24, 2.45) is 11.8 Å². The molecule has 0 saturated carbocycles. The van der Waals surface area contributed by atoms with Gasteiger partial charge in [0, 0.05) is 42.8 Å². The van der Waals surface area contributed by atoms with Gasteiger partial charge in [-0.15, -0.1) is 5.06 Å². The lowest BCUT2D eigenvalue weighted by atomic mass is 10.1. The van der Waals surface area contributed by atoms with E-state index in [1.165, 1.54) is 0 Å². The Balaban J connectivity index is 0.000000703. The molecule has 2 heterocycles. The number of carbonyl (C=O) groups is 6. The maximum absolute atomic E-state index is 11.7. The fourth-order valence-electron chi connectivity index (χ4n) is 3.71. The maximum Gasteiger partial charge on any atom is 0.333 e. The molecule has 11 heteroatoms. The summed E-state index contributed by atoms with van der Waals surface area (Å²) < 4.78 is 0. The number of Topliss-reactive ketones (excluding diaryl/α,β-unsaturated/α-hetero) is 1. The van der Waals surface area contributed by atoms with E-state index in [4.69, 9.17) is 4.84 Å². The normalized spacial score (nSPS) is 20.0. The molecular formula is C27H46N2O7S2. The Bertz CT molecular complexity index is 847. The topological polar surface area (TPSA) is 118 Å². The number of ketones is 1. The quantitative estimate of drug-likeness (QED) is 0.229. The Labute approximate surface area is 236 Å². The smallest absolute Gasteiger partial charge is 0.330 e. The molecule has 0 aliphatic carbocycles. The number of amides is 4. The number of hydrogen-bond acceptors (Lipinski definition) is 9. The summed E-state index contributed by atoms with van der Waals surface area (Å²) in [6.07, 6.45) is 2.51. The summed E-state index contributed by atoms with van der Waals surface area (Å²) in [5.41, 5.74) is 0. The summed E-state index contributed by atoms with van der Waals surface area (Å²) in [6, 6.07) is 0. The van der Waals surface area contributed by atoms with E-state index in [1.54, 1.807) is 25.6 Å².